The van der Waals surface area contributed by atoms with E-state index in [0.29, 0.717) is 0 Å². The average Bonchev–Trinajstić information content (AvgIpc) is 2.41. The van der Waals surface area contributed by atoms with E-state index in [0.717, 1.165) is 25.2 Å². The Kier molecular flexibility index (Phi) is 2.97. The van der Waals surface area contributed by atoms with Crippen LogP contribution in [0.25, 0.3) is 0 Å². The van der Waals surface area contributed by atoms with E-state index >= 15 is 0 Å². The normalized spacial score (nSPS) is 20.6. The van der Waals surface area contributed by atoms with Crippen LogP contribution in [0.2, 0.25) is 0 Å². The number of nitrogens with zero attached hydrogens (tertiary/aromatic N) is 1. The van der Waals surface area contributed by atoms with Gasteiger partial charge in [-0.25, -0.2) is 0 Å². The number of hydrogen-bond acceptors (Lipinski definition) is 2. The van der Waals surface area contributed by atoms with Gasteiger partial charge in [-0.1, -0.05) is 18.2 Å². The quantitative estimate of drug-likeness (QED) is 0.779. The first kappa shape index (κ1) is 11.1. The Balaban J connectivity index is 2.30. The van der Waals surface area contributed by atoms with E-state index in [-0.39, 0.29) is 5.91 Å². The first-order valence-electron chi connectivity index (χ1n) is 5.73. The maximum absolute atomic E-state index is 12.3. The highest BCUT2D eigenvalue weighted by Gasteiger charge is 2.33. The summed E-state index contributed by atoms with van der Waals surface area (Å²) in [5, 5.41) is 3.28. The van der Waals surface area contributed by atoms with Gasteiger partial charge >= 0.3 is 0 Å². The smallest absolute Gasteiger partial charge is 0.246 e. The zero-order valence-corrected chi connectivity index (χ0v) is 9.86. The Morgan fingerprint density at radius 2 is 1.94 bits per heavy atom. The van der Waals surface area contributed by atoms with Gasteiger partial charge in [0, 0.05) is 12.2 Å². The van der Waals surface area contributed by atoms with Crippen molar-refractivity contribution in [2.24, 2.45) is 0 Å². The predicted molar refractivity (Wildman–Crippen MR) is 65.5 cm³/mol. The molecule has 16 heavy (non-hydrogen) atoms. The topological polar surface area (TPSA) is 32.3 Å². The van der Waals surface area contributed by atoms with E-state index in [9.17, 15) is 4.79 Å². The van der Waals surface area contributed by atoms with Crippen LogP contribution in [-0.4, -0.2) is 24.5 Å². The molecule has 0 bridgehead atoms. The summed E-state index contributed by atoms with van der Waals surface area (Å²) in [5.41, 5.74) is 0.524. The van der Waals surface area contributed by atoms with Gasteiger partial charge in [-0.2, -0.15) is 0 Å². The molecule has 0 aliphatic carbocycles. The Morgan fingerprint density at radius 1 is 1.25 bits per heavy atom. The van der Waals surface area contributed by atoms with Crippen LogP contribution in [0.1, 0.15) is 20.3 Å². The van der Waals surface area contributed by atoms with Crippen molar-refractivity contribution < 1.29 is 4.79 Å². The summed E-state index contributed by atoms with van der Waals surface area (Å²) in [4.78, 5) is 14.2. The third-order valence-corrected chi connectivity index (χ3v) is 2.97. The van der Waals surface area contributed by atoms with Gasteiger partial charge in [-0.15, -0.1) is 0 Å². The van der Waals surface area contributed by atoms with Gasteiger partial charge in [0.25, 0.3) is 0 Å². The highest BCUT2D eigenvalue weighted by atomic mass is 16.2. The van der Waals surface area contributed by atoms with Crippen molar-refractivity contribution in [3.63, 3.8) is 0 Å². The number of carbonyl (C=O) groups excluding carboxylic acids is 1. The van der Waals surface area contributed by atoms with Crippen LogP contribution in [0.5, 0.6) is 0 Å². The molecular weight excluding hydrogens is 200 g/mol. The van der Waals surface area contributed by atoms with Crippen LogP contribution in [0.3, 0.4) is 0 Å². The molecule has 1 aromatic rings. The third kappa shape index (κ3) is 2.09. The first-order valence-corrected chi connectivity index (χ1v) is 5.73. The van der Waals surface area contributed by atoms with Crippen LogP contribution in [-0.2, 0) is 4.79 Å². The van der Waals surface area contributed by atoms with Gasteiger partial charge < -0.3 is 10.2 Å². The molecule has 86 valence electrons. The summed E-state index contributed by atoms with van der Waals surface area (Å²) in [5.74, 6) is 0.149. The summed E-state index contributed by atoms with van der Waals surface area (Å²) in [7, 11) is 0. The van der Waals surface area contributed by atoms with E-state index in [2.05, 4.69) is 5.32 Å². The second-order valence-electron chi connectivity index (χ2n) is 4.70. The van der Waals surface area contributed by atoms with Crippen LogP contribution in [0.4, 0.5) is 5.69 Å². The van der Waals surface area contributed by atoms with Gasteiger partial charge in [0.15, 0.2) is 0 Å². The van der Waals surface area contributed by atoms with Crippen molar-refractivity contribution in [1.82, 2.24) is 5.32 Å². The molecule has 1 fully saturated rings. The minimum Gasteiger partial charge on any atom is -0.311 e. The van der Waals surface area contributed by atoms with Gasteiger partial charge in [0.05, 0.1) is 5.54 Å². The van der Waals surface area contributed by atoms with E-state index in [1.165, 1.54) is 0 Å². The fourth-order valence-corrected chi connectivity index (χ4v) is 2.01. The molecule has 0 unspecified atom stereocenters. The van der Waals surface area contributed by atoms with E-state index in [4.69, 9.17) is 0 Å². The highest BCUT2D eigenvalue weighted by Crippen LogP contribution is 2.20. The SMILES string of the molecule is CC1(C)NCCCN(c2ccccc2)C1=O. The number of nitrogens with one attached hydrogen (secondary N) is 1. The zero-order chi connectivity index (χ0) is 11.6. The minimum absolute atomic E-state index is 0.149. The summed E-state index contributed by atoms with van der Waals surface area (Å²) in [6.07, 6.45) is 0.990. The standard InChI is InChI=1S/C13H18N2O/c1-13(2)12(16)15(10-6-9-14-13)11-7-4-3-5-8-11/h3-5,7-8,14H,6,9-10H2,1-2H3. The van der Waals surface area contributed by atoms with E-state index < -0.39 is 5.54 Å². The summed E-state index contributed by atoms with van der Waals surface area (Å²) < 4.78 is 0. The predicted octanol–water partition coefficient (Wildman–Crippen LogP) is 1.79. The molecule has 0 spiro atoms. The second-order valence-corrected chi connectivity index (χ2v) is 4.70. The number of hydrogen-bond donors (Lipinski definition) is 1. The fourth-order valence-electron chi connectivity index (χ4n) is 2.01. The minimum atomic E-state index is -0.466. The molecular formula is C13H18N2O. The van der Waals surface area contributed by atoms with Crippen molar-refractivity contribution in [1.29, 1.82) is 0 Å². The monoisotopic (exact) mass is 218 g/mol. The van der Waals surface area contributed by atoms with Crippen LogP contribution < -0.4 is 10.2 Å². The lowest BCUT2D eigenvalue weighted by Gasteiger charge is -2.29. The van der Waals surface area contributed by atoms with Gasteiger partial charge in [-0.05, 0) is 38.9 Å². The number of anilines is 1. The number of benzene rings is 1. The van der Waals surface area contributed by atoms with Crippen LogP contribution in [0.15, 0.2) is 30.3 Å². The van der Waals surface area contributed by atoms with E-state index in [1.54, 1.807) is 0 Å². The summed E-state index contributed by atoms with van der Waals surface area (Å²) in [6.45, 7) is 5.56. The molecule has 1 saturated heterocycles. The lowest BCUT2D eigenvalue weighted by atomic mass is 10.0. The largest absolute Gasteiger partial charge is 0.311 e. The molecule has 0 saturated carbocycles. The molecule has 1 aliphatic heterocycles. The van der Waals surface area contributed by atoms with Crippen molar-refractivity contribution >= 4 is 11.6 Å². The molecule has 3 heteroatoms. The third-order valence-electron chi connectivity index (χ3n) is 2.97. The molecule has 3 nitrogen and oxygen atoms in total. The Labute approximate surface area is 96.5 Å². The maximum atomic E-state index is 12.3. The van der Waals surface area contributed by atoms with Crippen molar-refractivity contribution in [3.05, 3.63) is 30.3 Å². The molecule has 1 N–H and O–H groups in total. The molecule has 1 amide bonds. The average molecular weight is 218 g/mol. The Hall–Kier alpha value is -1.35. The fraction of sp³-hybridized carbons (Fsp3) is 0.462. The number of carbonyl (C=O) groups is 1. The molecule has 2 rings (SSSR count). The van der Waals surface area contributed by atoms with Crippen molar-refractivity contribution in [2.75, 3.05) is 18.0 Å². The number of para-hydroxylation sites is 1. The van der Waals surface area contributed by atoms with Gasteiger partial charge in [-0.3, -0.25) is 4.79 Å². The van der Waals surface area contributed by atoms with Crippen LogP contribution in [0, 0.1) is 0 Å². The molecule has 0 atom stereocenters. The Morgan fingerprint density at radius 3 is 2.62 bits per heavy atom. The molecule has 0 aromatic heterocycles. The van der Waals surface area contributed by atoms with Crippen molar-refractivity contribution in [2.45, 2.75) is 25.8 Å². The molecule has 1 heterocycles. The number of rotatable bonds is 1. The highest BCUT2D eigenvalue weighted by molar-refractivity contribution is 5.99. The first-order chi connectivity index (χ1) is 7.61. The van der Waals surface area contributed by atoms with E-state index in [1.807, 2.05) is 49.1 Å². The lowest BCUT2D eigenvalue weighted by Crippen LogP contribution is -2.51. The van der Waals surface area contributed by atoms with Crippen LogP contribution >= 0.6 is 0 Å². The Bertz CT molecular complexity index is 373. The number of amides is 1. The maximum Gasteiger partial charge on any atom is 0.246 e. The molecule has 1 aliphatic rings. The summed E-state index contributed by atoms with van der Waals surface area (Å²) >= 11 is 0. The molecule has 0 radical (unpaired) electrons. The molecule has 1 aromatic carbocycles. The summed E-state index contributed by atoms with van der Waals surface area (Å²) in [6, 6.07) is 9.87. The van der Waals surface area contributed by atoms with Gasteiger partial charge in [0.1, 0.15) is 0 Å². The zero-order valence-electron chi connectivity index (χ0n) is 9.86. The second kappa shape index (κ2) is 4.26. The van der Waals surface area contributed by atoms with Crippen molar-refractivity contribution in [3.8, 4) is 0 Å². The van der Waals surface area contributed by atoms with Gasteiger partial charge in [0.2, 0.25) is 5.91 Å². The lowest BCUT2D eigenvalue weighted by molar-refractivity contribution is -0.123.